The number of rotatable bonds is 16. The van der Waals surface area contributed by atoms with Gasteiger partial charge in [0, 0.05) is 24.7 Å². The van der Waals surface area contributed by atoms with Crippen LogP contribution in [0.5, 0.6) is 0 Å². The molecule has 0 saturated heterocycles. The third-order valence-corrected chi connectivity index (χ3v) is 5.10. The van der Waals surface area contributed by atoms with E-state index >= 15 is 0 Å². The molecule has 0 radical (unpaired) electrons. The third-order valence-electron chi connectivity index (χ3n) is 4.15. The lowest BCUT2D eigenvalue weighted by molar-refractivity contribution is -0.138. The van der Waals surface area contributed by atoms with Gasteiger partial charge in [-0.3, -0.25) is 14.4 Å². The molecule has 0 amide bonds. The number of aliphatic hydroxyl groups is 3. The second-order valence-corrected chi connectivity index (χ2v) is 8.39. The molecule has 0 aromatic heterocycles. The molecule has 0 aliphatic heterocycles. The van der Waals surface area contributed by atoms with Gasteiger partial charge in [0.25, 0.3) is 0 Å². The summed E-state index contributed by atoms with van der Waals surface area (Å²) >= 11 is 11.8. The van der Waals surface area contributed by atoms with Crippen LogP contribution in [0.2, 0.25) is 0 Å². The largest absolute Gasteiger partial charge is 0.481 e. The van der Waals surface area contributed by atoms with Crippen LogP contribution in [0.4, 0.5) is 0 Å². The summed E-state index contributed by atoms with van der Waals surface area (Å²) in [5, 5.41) is 50.3. The normalized spacial score (nSPS) is 9.91. The summed E-state index contributed by atoms with van der Waals surface area (Å²) < 4.78 is 0. The van der Waals surface area contributed by atoms with Crippen molar-refractivity contribution in [3.63, 3.8) is 0 Å². The standard InChI is InChI=1S/C6H14O3.3C5H10O2S/c1-2-6(3-7,4-8)5-9;3*6-5(7)3-1-2-4-8/h7-9H,2-5H2,1H3;3*8H,1-4H2,(H,6,7). The highest BCUT2D eigenvalue weighted by Crippen LogP contribution is 2.18. The molecule has 0 atom stereocenters. The molecule has 0 aliphatic rings. The van der Waals surface area contributed by atoms with E-state index in [1.54, 1.807) is 0 Å². The molecular formula is C21H44O9S3. The van der Waals surface area contributed by atoms with Crippen LogP contribution < -0.4 is 0 Å². The molecule has 0 saturated carbocycles. The number of unbranched alkanes of at least 4 members (excludes halogenated alkanes) is 3. The lowest BCUT2D eigenvalue weighted by atomic mass is 9.88. The molecule has 0 unspecified atom stereocenters. The third kappa shape index (κ3) is 38.9. The number of hydrogen-bond acceptors (Lipinski definition) is 9. The van der Waals surface area contributed by atoms with Gasteiger partial charge < -0.3 is 30.6 Å². The van der Waals surface area contributed by atoms with Crippen molar-refractivity contribution in [2.45, 2.75) is 71.1 Å². The lowest BCUT2D eigenvalue weighted by Gasteiger charge is -2.24. The second kappa shape index (κ2) is 31.3. The van der Waals surface area contributed by atoms with Gasteiger partial charge in [0.1, 0.15) is 0 Å². The predicted molar refractivity (Wildman–Crippen MR) is 140 cm³/mol. The minimum absolute atomic E-state index is 0.156. The number of hydrogen-bond donors (Lipinski definition) is 9. The number of carbonyl (C=O) groups is 3. The molecule has 9 nitrogen and oxygen atoms in total. The van der Waals surface area contributed by atoms with Crippen LogP contribution in [0.3, 0.4) is 0 Å². The van der Waals surface area contributed by atoms with Crippen LogP contribution in [-0.2, 0) is 14.4 Å². The second-order valence-electron chi connectivity index (χ2n) is 7.05. The van der Waals surface area contributed by atoms with Crippen molar-refractivity contribution in [1.29, 1.82) is 0 Å². The van der Waals surface area contributed by atoms with Crippen LogP contribution in [0, 0.1) is 5.41 Å². The molecule has 0 spiro atoms. The summed E-state index contributed by atoms with van der Waals surface area (Å²) in [5.41, 5.74) is -0.667. The summed E-state index contributed by atoms with van der Waals surface area (Å²) in [4.78, 5) is 29.5. The molecule has 0 fully saturated rings. The number of carboxylic acids is 3. The fourth-order valence-electron chi connectivity index (χ4n) is 1.65. The number of aliphatic hydroxyl groups excluding tert-OH is 3. The van der Waals surface area contributed by atoms with Gasteiger partial charge >= 0.3 is 17.9 Å². The minimum Gasteiger partial charge on any atom is -0.481 e. The lowest BCUT2D eigenvalue weighted by Crippen LogP contribution is -2.32. The quantitative estimate of drug-likeness (QED) is 0.106. The molecule has 0 aromatic carbocycles. The van der Waals surface area contributed by atoms with Crippen molar-refractivity contribution in [3.8, 4) is 0 Å². The zero-order valence-corrected chi connectivity index (χ0v) is 22.2. The van der Waals surface area contributed by atoms with Crippen molar-refractivity contribution in [2.24, 2.45) is 5.41 Å². The first kappa shape index (κ1) is 39.5. The Labute approximate surface area is 214 Å². The van der Waals surface area contributed by atoms with Gasteiger partial charge in [-0.05, 0) is 62.2 Å². The summed E-state index contributed by atoms with van der Waals surface area (Å²) in [6.07, 6.45) is 6.37. The maximum atomic E-state index is 9.85. The number of aliphatic carboxylic acids is 3. The first-order valence-electron chi connectivity index (χ1n) is 10.9. The van der Waals surface area contributed by atoms with E-state index in [-0.39, 0.29) is 39.1 Å². The predicted octanol–water partition coefficient (Wildman–Crippen LogP) is 2.87. The first-order chi connectivity index (χ1) is 15.6. The maximum absolute atomic E-state index is 9.85. The molecule has 33 heavy (non-hydrogen) atoms. The Morgan fingerprint density at radius 2 is 0.818 bits per heavy atom. The Morgan fingerprint density at radius 3 is 0.909 bits per heavy atom. The van der Waals surface area contributed by atoms with E-state index in [9.17, 15) is 14.4 Å². The number of carboxylic acid groups (broad SMARTS) is 3. The van der Waals surface area contributed by atoms with Crippen LogP contribution in [0.15, 0.2) is 0 Å². The molecule has 0 aliphatic carbocycles. The molecule has 0 heterocycles. The first-order valence-corrected chi connectivity index (χ1v) is 12.8. The zero-order chi connectivity index (χ0) is 26.5. The molecule has 0 bridgehead atoms. The number of thiol groups is 3. The van der Waals surface area contributed by atoms with Crippen LogP contribution in [0.25, 0.3) is 0 Å². The van der Waals surface area contributed by atoms with Gasteiger partial charge in [0.15, 0.2) is 0 Å². The summed E-state index contributed by atoms with van der Waals surface area (Å²) in [7, 11) is 0. The summed E-state index contributed by atoms with van der Waals surface area (Å²) in [6, 6.07) is 0. The molecule has 6 N–H and O–H groups in total. The van der Waals surface area contributed by atoms with Crippen molar-refractivity contribution in [2.75, 3.05) is 37.1 Å². The smallest absolute Gasteiger partial charge is 0.303 e. The SMILES string of the molecule is CCC(CO)(CO)CO.O=C(O)CCCCS.O=C(O)CCCCS.O=C(O)CCCCS. The Morgan fingerprint density at radius 1 is 0.576 bits per heavy atom. The molecular weight excluding hydrogens is 492 g/mol. The van der Waals surface area contributed by atoms with Crippen molar-refractivity contribution in [3.05, 3.63) is 0 Å². The van der Waals surface area contributed by atoms with Gasteiger partial charge in [-0.25, -0.2) is 0 Å². The van der Waals surface area contributed by atoms with E-state index in [0.717, 1.165) is 55.8 Å². The average Bonchev–Trinajstić information content (AvgIpc) is 2.77. The van der Waals surface area contributed by atoms with E-state index in [1.165, 1.54) is 0 Å². The summed E-state index contributed by atoms with van der Waals surface area (Å²) in [5.74, 6) is 0.207. The van der Waals surface area contributed by atoms with Crippen LogP contribution >= 0.6 is 37.9 Å². The highest BCUT2D eigenvalue weighted by molar-refractivity contribution is 7.80. The Bertz CT molecular complexity index is 384. The van der Waals surface area contributed by atoms with Crippen molar-refractivity contribution in [1.82, 2.24) is 0 Å². The van der Waals surface area contributed by atoms with Gasteiger partial charge in [-0.1, -0.05) is 6.92 Å². The fraction of sp³-hybridized carbons (Fsp3) is 0.857. The Balaban J connectivity index is -0.000000170. The van der Waals surface area contributed by atoms with Gasteiger partial charge in [-0.2, -0.15) is 37.9 Å². The topological polar surface area (TPSA) is 173 Å². The highest BCUT2D eigenvalue weighted by atomic mass is 32.1. The molecule has 200 valence electrons. The van der Waals surface area contributed by atoms with Crippen molar-refractivity contribution < 1.29 is 45.0 Å². The Hall–Kier alpha value is -0.660. The minimum atomic E-state index is -0.716. The van der Waals surface area contributed by atoms with E-state index in [0.29, 0.717) is 6.42 Å². The highest BCUT2D eigenvalue weighted by Gasteiger charge is 2.24. The molecule has 0 rings (SSSR count). The van der Waals surface area contributed by atoms with Gasteiger partial charge in [0.05, 0.1) is 19.8 Å². The van der Waals surface area contributed by atoms with Crippen LogP contribution in [-0.4, -0.2) is 85.6 Å². The van der Waals surface area contributed by atoms with E-state index in [2.05, 4.69) is 37.9 Å². The molecule has 0 aromatic rings. The van der Waals surface area contributed by atoms with E-state index < -0.39 is 23.3 Å². The van der Waals surface area contributed by atoms with Crippen LogP contribution in [0.1, 0.15) is 71.1 Å². The fourth-order valence-corrected chi connectivity index (χ4v) is 2.32. The summed E-state index contributed by atoms with van der Waals surface area (Å²) in [6.45, 7) is 1.35. The zero-order valence-electron chi connectivity index (χ0n) is 19.6. The maximum Gasteiger partial charge on any atom is 0.303 e. The van der Waals surface area contributed by atoms with Gasteiger partial charge in [-0.15, -0.1) is 0 Å². The molecule has 12 heteroatoms. The van der Waals surface area contributed by atoms with Gasteiger partial charge in [0.2, 0.25) is 0 Å². The Kier molecular flexibility index (Phi) is 37.6. The monoisotopic (exact) mass is 536 g/mol. The van der Waals surface area contributed by atoms with E-state index in [1.807, 2.05) is 6.92 Å². The average molecular weight is 537 g/mol. The van der Waals surface area contributed by atoms with Crippen molar-refractivity contribution >= 4 is 55.8 Å². The van der Waals surface area contributed by atoms with E-state index in [4.69, 9.17) is 30.6 Å².